The topological polar surface area (TPSA) is 55.8 Å². The van der Waals surface area contributed by atoms with Crippen molar-refractivity contribution < 1.29 is 32.5 Å². The molecule has 144 valence electrons. The normalized spacial score (nSPS) is 21.6. The Balaban J connectivity index is 1.84. The third-order valence-electron chi connectivity index (χ3n) is 4.79. The fraction of sp³-hybridized carbons (Fsp3) is 0.316. The van der Waals surface area contributed by atoms with E-state index in [1.807, 2.05) is 0 Å². The van der Waals surface area contributed by atoms with Crippen LogP contribution in [0.15, 0.2) is 36.4 Å². The molecule has 2 aromatic carbocycles. The lowest BCUT2D eigenvalue weighted by atomic mass is 10.0. The Morgan fingerprint density at radius 2 is 1.93 bits per heavy atom. The fourth-order valence-corrected chi connectivity index (χ4v) is 3.20. The molecular weight excluding hydrogens is 385 g/mol. The molecule has 1 aliphatic carbocycles. The number of carbonyl (C=O) groups is 1. The van der Waals surface area contributed by atoms with Crippen molar-refractivity contribution in [2.45, 2.75) is 25.4 Å². The van der Waals surface area contributed by atoms with E-state index < -0.39 is 23.1 Å². The van der Waals surface area contributed by atoms with Crippen LogP contribution >= 0.6 is 11.6 Å². The van der Waals surface area contributed by atoms with Crippen molar-refractivity contribution in [3.8, 4) is 17.2 Å². The van der Waals surface area contributed by atoms with Gasteiger partial charge in [0.1, 0.15) is 17.2 Å². The van der Waals surface area contributed by atoms with Crippen molar-refractivity contribution >= 4 is 17.6 Å². The van der Waals surface area contributed by atoms with E-state index in [1.165, 1.54) is 7.11 Å². The Morgan fingerprint density at radius 3 is 2.44 bits per heavy atom. The molecule has 0 heterocycles. The third-order valence-corrected chi connectivity index (χ3v) is 5.09. The summed E-state index contributed by atoms with van der Waals surface area (Å²) in [5.41, 5.74) is -0.949. The first kappa shape index (κ1) is 19.4. The van der Waals surface area contributed by atoms with Crippen LogP contribution in [0.1, 0.15) is 30.4 Å². The first-order valence-corrected chi connectivity index (χ1v) is 8.40. The number of alkyl halides is 3. The monoisotopic (exact) mass is 400 g/mol. The average Bonchev–Trinajstić information content (AvgIpc) is 3.29. The molecule has 0 unspecified atom stereocenters. The molecule has 0 bridgehead atoms. The lowest BCUT2D eigenvalue weighted by Gasteiger charge is -2.14. The summed E-state index contributed by atoms with van der Waals surface area (Å²) in [5, 5.41) is 9.13. The molecule has 2 aromatic rings. The van der Waals surface area contributed by atoms with Crippen LogP contribution in [0, 0.1) is 5.41 Å². The number of rotatable bonds is 5. The van der Waals surface area contributed by atoms with E-state index in [4.69, 9.17) is 21.1 Å². The van der Waals surface area contributed by atoms with Crippen molar-refractivity contribution in [1.29, 1.82) is 0 Å². The second-order valence-corrected chi connectivity index (χ2v) is 7.04. The third kappa shape index (κ3) is 3.69. The number of benzene rings is 2. The van der Waals surface area contributed by atoms with E-state index in [2.05, 4.69) is 0 Å². The Kier molecular flexibility index (Phi) is 4.76. The van der Waals surface area contributed by atoms with E-state index in [9.17, 15) is 23.1 Å². The zero-order chi connectivity index (χ0) is 20.0. The minimum Gasteiger partial charge on any atom is -0.496 e. The zero-order valence-corrected chi connectivity index (χ0v) is 15.2. The van der Waals surface area contributed by atoms with Crippen LogP contribution in [-0.4, -0.2) is 18.2 Å². The number of hydrogen-bond donors (Lipinski definition) is 1. The van der Waals surface area contributed by atoms with Gasteiger partial charge in [-0.15, -0.1) is 0 Å². The van der Waals surface area contributed by atoms with Crippen molar-refractivity contribution in [2.24, 2.45) is 5.41 Å². The molecule has 1 saturated carbocycles. The second kappa shape index (κ2) is 6.64. The minimum atomic E-state index is -4.49. The van der Waals surface area contributed by atoms with Gasteiger partial charge in [-0.25, -0.2) is 0 Å². The van der Waals surface area contributed by atoms with Gasteiger partial charge >= 0.3 is 12.1 Å². The lowest BCUT2D eigenvalue weighted by Crippen LogP contribution is -2.12. The molecule has 0 spiro atoms. The molecule has 8 heteroatoms. The van der Waals surface area contributed by atoms with Gasteiger partial charge in [0.2, 0.25) is 0 Å². The van der Waals surface area contributed by atoms with E-state index in [0.717, 1.165) is 23.8 Å². The van der Waals surface area contributed by atoms with Crippen molar-refractivity contribution in [3.63, 3.8) is 0 Å². The number of carboxylic acids is 1. The van der Waals surface area contributed by atoms with Crippen LogP contribution in [0.3, 0.4) is 0 Å². The molecule has 27 heavy (non-hydrogen) atoms. The first-order valence-electron chi connectivity index (χ1n) is 8.02. The van der Waals surface area contributed by atoms with Crippen molar-refractivity contribution in [3.05, 3.63) is 52.5 Å². The smallest absolute Gasteiger partial charge is 0.416 e. The maximum absolute atomic E-state index is 12.7. The van der Waals surface area contributed by atoms with E-state index in [-0.39, 0.29) is 16.7 Å². The Hall–Kier alpha value is -2.41. The summed E-state index contributed by atoms with van der Waals surface area (Å²) in [6.07, 6.45) is -3.99. The zero-order valence-electron chi connectivity index (χ0n) is 14.4. The quantitative estimate of drug-likeness (QED) is 0.695. The molecule has 1 fully saturated rings. The lowest BCUT2D eigenvalue weighted by molar-refractivity contribution is -0.142. The molecule has 0 radical (unpaired) electrons. The average molecular weight is 401 g/mol. The van der Waals surface area contributed by atoms with Gasteiger partial charge in [-0.2, -0.15) is 13.2 Å². The second-order valence-electron chi connectivity index (χ2n) is 6.63. The summed E-state index contributed by atoms with van der Waals surface area (Å²) in [5.74, 6) is -0.207. The highest BCUT2D eigenvalue weighted by Gasteiger charge is 2.58. The van der Waals surface area contributed by atoms with Gasteiger partial charge in [-0.1, -0.05) is 17.7 Å². The van der Waals surface area contributed by atoms with Crippen molar-refractivity contribution in [2.75, 3.05) is 7.11 Å². The highest BCUT2D eigenvalue weighted by atomic mass is 35.5. The Morgan fingerprint density at radius 1 is 1.22 bits per heavy atom. The van der Waals surface area contributed by atoms with Gasteiger partial charge in [-0.05, 0) is 43.2 Å². The molecule has 4 nitrogen and oxygen atoms in total. The van der Waals surface area contributed by atoms with Crippen LogP contribution < -0.4 is 9.47 Å². The summed E-state index contributed by atoms with van der Waals surface area (Å²) in [7, 11) is 1.45. The molecule has 0 saturated heterocycles. The molecule has 1 N–H and O–H groups in total. The summed E-state index contributed by atoms with van der Waals surface area (Å²) >= 11 is 5.90. The minimum absolute atomic E-state index is 0.0706. The number of ether oxygens (including phenoxy) is 2. The molecule has 2 atom stereocenters. The van der Waals surface area contributed by atoms with Gasteiger partial charge < -0.3 is 14.6 Å². The maximum atomic E-state index is 12.7. The maximum Gasteiger partial charge on any atom is 0.416 e. The van der Waals surface area contributed by atoms with Gasteiger partial charge in [0, 0.05) is 12.0 Å². The molecular formula is C19H16ClF3O4. The Bertz CT molecular complexity index is 897. The highest BCUT2D eigenvalue weighted by Crippen LogP contribution is 2.61. The van der Waals surface area contributed by atoms with Crippen LogP contribution in [0.4, 0.5) is 13.2 Å². The van der Waals surface area contributed by atoms with E-state index >= 15 is 0 Å². The first-order chi connectivity index (χ1) is 12.6. The van der Waals surface area contributed by atoms with Crippen LogP contribution in [-0.2, 0) is 11.0 Å². The fourth-order valence-electron chi connectivity index (χ4n) is 2.98. The van der Waals surface area contributed by atoms with Gasteiger partial charge in [0.25, 0.3) is 0 Å². The van der Waals surface area contributed by atoms with Gasteiger partial charge in [-0.3, -0.25) is 4.79 Å². The predicted molar refractivity (Wildman–Crippen MR) is 92.6 cm³/mol. The van der Waals surface area contributed by atoms with Crippen LogP contribution in [0.25, 0.3) is 0 Å². The standard InChI is InChI=1S/C19H16ClF3O4/c1-18(17(24)25)9-13(18)12-5-4-11(8-16(12)26-2)27-15-6-3-10(7-14(15)20)19(21,22)23/h3-8,13H,9H2,1-2H3,(H,24,25)/t13-,18-/m1/s1. The van der Waals surface area contributed by atoms with Crippen LogP contribution in [0.5, 0.6) is 17.2 Å². The van der Waals surface area contributed by atoms with Gasteiger partial charge in [0.05, 0.1) is 23.1 Å². The van der Waals surface area contributed by atoms with E-state index in [1.54, 1.807) is 25.1 Å². The highest BCUT2D eigenvalue weighted by molar-refractivity contribution is 6.32. The number of hydrogen-bond acceptors (Lipinski definition) is 3. The largest absolute Gasteiger partial charge is 0.496 e. The SMILES string of the molecule is COc1cc(Oc2ccc(C(F)(F)F)cc2Cl)ccc1[C@H]1C[C@@]1(C)C(=O)O. The molecule has 1 aliphatic rings. The summed E-state index contributed by atoms with van der Waals surface area (Å²) in [6.45, 7) is 1.67. The number of aliphatic carboxylic acids is 1. The molecule has 0 aliphatic heterocycles. The van der Waals surface area contributed by atoms with Crippen LogP contribution in [0.2, 0.25) is 5.02 Å². The van der Waals surface area contributed by atoms with E-state index in [0.29, 0.717) is 17.9 Å². The van der Waals surface area contributed by atoms with Crippen molar-refractivity contribution in [1.82, 2.24) is 0 Å². The molecule has 3 rings (SSSR count). The number of halogens is 4. The number of carboxylic acid groups (broad SMARTS) is 1. The number of methoxy groups -OCH3 is 1. The molecule has 0 amide bonds. The molecule has 0 aromatic heterocycles. The summed E-state index contributed by atoms with van der Waals surface area (Å²) < 4.78 is 49.1. The Labute approximate surface area is 158 Å². The predicted octanol–water partition coefficient (Wildman–Crippen LogP) is 5.74. The summed E-state index contributed by atoms with van der Waals surface area (Å²) in [6, 6.07) is 7.69. The summed E-state index contributed by atoms with van der Waals surface area (Å²) in [4.78, 5) is 11.4. The van der Waals surface area contributed by atoms with Gasteiger partial charge in [0.15, 0.2) is 0 Å².